The van der Waals surface area contributed by atoms with Crippen molar-refractivity contribution in [3.05, 3.63) is 48.0 Å². The van der Waals surface area contributed by atoms with Gasteiger partial charge in [0.25, 0.3) is 0 Å². The van der Waals surface area contributed by atoms with E-state index >= 15 is 0 Å². The van der Waals surface area contributed by atoms with E-state index in [1.54, 1.807) is 13.0 Å². The molecule has 0 aliphatic carbocycles. The Morgan fingerprint density at radius 2 is 2.07 bits per heavy atom. The number of hydrogen-bond acceptors (Lipinski definition) is 2. The van der Waals surface area contributed by atoms with Gasteiger partial charge in [-0.15, -0.1) is 0 Å². The number of esters is 1. The fourth-order valence-corrected chi connectivity index (χ4v) is 1.27. The average molecular weight is 204 g/mol. The molecule has 15 heavy (non-hydrogen) atoms. The highest BCUT2D eigenvalue weighted by atomic mass is 16.5. The Morgan fingerprint density at radius 1 is 1.40 bits per heavy atom. The van der Waals surface area contributed by atoms with Crippen LogP contribution in [0.2, 0.25) is 0 Å². The molecule has 0 aliphatic rings. The molecule has 0 saturated heterocycles. The first-order chi connectivity index (χ1) is 7.24. The van der Waals surface area contributed by atoms with E-state index in [0.717, 1.165) is 0 Å². The van der Waals surface area contributed by atoms with Crippen molar-refractivity contribution in [1.82, 2.24) is 0 Å². The van der Waals surface area contributed by atoms with Gasteiger partial charge in [0.1, 0.15) is 0 Å². The van der Waals surface area contributed by atoms with Crippen LogP contribution >= 0.6 is 0 Å². The summed E-state index contributed by atoms with van der Waals surface area (Å²) in [7, 11) is 0. The van der Waals surface area contributed by atoms with Crippen molar-refractivity contribution in [2.24, 2.45) is 0 Å². The predicted molar refractivity (Wildman–Crippen MR) is 60.6 cm³/mol. The van der Waals surface area contributed by atoms with E-state index in [1.807, 2.05) is 37.3 Å². The summed E-state index contributed by atoms with van der Waals surface area (Å²) in [6.07, 6.45) is 3.10. The quantitative estimate of drug-likeness (QED) is 0.557. The predicted octanol–water partition coefficient (Wildman–Crippen LogP) is 2.91. The third-order valence-electron chi connectivity index (χ3n) is 2.15. The molecule has 0 amide bonds. The second kappa shape index (κ2) is 6.02. The van der Waals surface area contributed by atoms with Gasteiger partial charge in [-0.3, -0.25) is 0 Å². The lowest BCUT2D eigenvalue weighted by Gasteiger charge is -2.11. The molecule has 0 heterocycles. The fraction of sp³-hybridized carbons (Fsp3) is 0.308. The number of benzene rings is 1. The maximum absolute atomic E-state index is 11.1. The number of ether oxygens (including phenoxy) is 1. The highest BCUT2D eigenvalue weighted by Crippen LogP contribution is 2.14. The zero-order valence-electron chi connectivity index (χ0n) is 9.14. The monoisotopic (exact) mass is 204 g/mol. The number of allylic oxidation sites excluding steroid dienone is 1. The molecule has 1 rings (SSSR count). The van der Waals surface area contributed by atoms with E-state index in [1.165, 1.54) is 11.6 Å². The van der Waals surface area contributed by atoms with E-state index in [4.69, 9.17) is 4.74 Å². The summed E-state index contributed by atoms with van der Waals surface area (Å²) in [5, 5.41) is 0. The molecule has 1 unspecified atom stereocenters. The van der Waals surface area contributed by atoms with Crippen LogP contribution in [0.25, 0.3) is 0 Å². The molecule has 0 saturated carbocycles. The van der Waals surface area contributed by atoms with Crippen LogP contribution in [0.5, 0.6) is 0 Å². The van der Waals surface area contributed by atoms with Crippen LogP contribution in [-0.4, -0.2) is 12.6 Å². The highest BCUT2D eigenvalue weighted by Gasteiger charge is 2.06. The average Bonchev–Trinajstić information content (AvgIpc) is 2.27. The molecule has 0 aliphatic heterocycles. The van der Waals surface area contributed by atoms with E-state index < -0.39 is 0 Å². The molecule has 80 valence electrons. The lowest BCUT2D eigenvalue weighted by molar-refractivity contribution is -0.138. The minimum atomic E-state index is -0.278. The third kappa shape index (κ3) is 3.98. The van der Waals surface area contributed by atoms with Gasteiger partial charge in [0.2, 0.25) is 0 Å². The van der Waals surface area contributed by atoms with Crippen molar-refractivity contribution in [1.29, 1.82) is 0 Å². The van der Waals surface area contributed by atoms with Crippen LogP contribution in [0, 0.1) is 0 Å². The van der Waals surface area contributed by atoms with Crippen LogP contribution in [-0.2, 0) is 9.53 Å². The largest absolute Gasteiger partial charge is 0.462 e. The lowest BCUT2D eigenvalue weighted by Crippen LogP contribution is -2.08. The highest BCUT2D eigenvalue weighted by molar-refractivity contribution is 5.81. The van der Waals surface area contributed by atoms with Crippen LogP contribution in [0.4, 0.5) is 0 Å². The summed E-state index contributed by atoms with van der Waals surface area (Å²) in [5.41, 5.74) is 1.19. The molecule has 1 aromatic rings. The lowest BCUT2D eigenvalue weighted by atomic mass is 10.0. The summed E-state index contributed by atoms with van der Waals surface area (Å²) in [6.45, 7) is 4.26. The Labute approximate surface area is 90.6 Å². The summed E-state index contributed by atoms with van der Waals surface area (Å²) < 4.78 is 5.07. The van der Waals surface area contributed by atoms with Crippen molar-refractivity contribution in [2.45, 2.75) is 19.8 Å². The second-order valence-corrected chi connectivity index (χ2v) is 3.44. The van der Waals surface area contributed by atoms with Crippen LogP contribution in [0.15, 0.2) is 42.5 Å². The van der Waals surface area contributed by atoms with Crippen LogP contribution in [0.1, 0.15) is 25.3 Å². The summed E-state index contributed by atoms with van der Waals surface area (Å²) >= 11 is 0. The van der Waals surface area contributed by atoms with E-state index in [9.17, 15) is 4.79 Å². The van der Waals surface area contributed by atoms with Gasteiger partial charge in [-0.05, 0) is 12.5 Å². The topological polar surface area (TPSA) is 26.3 Å². The van der Waals surface area contributed by atoms with Crippen molar-refractivity contribution in [3.8, 4) is 0 Å². The Balaban J connectivity index is 2.43. The minimum absolute atomic E-state index is 0.236. The standard InChI is InChI=1S/C13H16O2/c1-3-7-13(14)15-10-11(2)12-8-5-4-6-9-12/h3-9,11H,10H2,1-2H3/b7-3+. The molecule has 2 heteroatoms. The molecular weight excluding hydrogens is 188 g/mol. The van der Waals surface area contributed by atoms with Gasteiger partial charge in [0.15, 0.2) is 0 Å². The number of carbonyl (C=O) groups is 1. The number of rotatable bonds is 4. The van der Waals surface area contributed by atoms with Crippen molar-refractivity contribution in [2.75, 3.05) is 6.61 Å². The summed E-state index contributed by atoms with van der Waals surface area (Å²) in [4.78, 5) is 11.1. The maximum atomic E-state index is 11.1. The molecular formula is C13H16O2. The molecule has 2 nitrogen and oxygen atoms in total. The van der Waals surface area contributed by atoms with E-state index in [2.05, 4.69) is 0 Å². The van der Waals surface area contributed by atoms with Crippen LogP contribution in [0.3, 0.4) is 0 Å². The molecule has 0 spiro atoms. The van der Waals surface area contributed by atoms with Gasteiger partial charge in [-0.1, -0.05) is 43.3 Å². The van der Waals surface area contributed by atoms with Gasteiger partial charge >= 0.3 is 5.97 Å². The fourth-order valence-electron chi connectivity index (χ4n) is 1.27. The first kappa shape index (κ1) is 11.5. The molecule has 1 atom stereocenters. The SMILES string of the molecule is C/C=C/C(=O)OCC(C)c1ccccc1. The molecule has 0 fully saturated rings. The third-order valence-corrected chi connectivity index (χ3v) is 2.15. The molecule has 0 bridgehead atoms. The van der Waals surface area contributed by atoms with E-state index in [0.29, 0.717) is 6.61 Å². The Kier molecular flexibility index (Phi) is 4.61. The van der Waals surface area contributed by atoms with Crippen molar-refractivity contribution < 1.29 is 9.53 Å². The molecule has 1 aromatic carbocycles. The first-order valence-corrected chi connectivity index (χ1v) is 5.08. The number of hydrogen-bond donors (Lipinski definition) is 0. The number of carbonyl (C=O) groups excluding carboxylic acids is 1. The van der Waals surface area contributed by atoms with Crippen LogP contribution < -0.4 is 0 Å². The van der Waals surface area contributed by atoms with Gasteiger partial charge in [0, 0.05) is 12.0 Å². The smallest absolute Gasteiger partial charge is 0.330 e. The Bertz CT molecular complexity index is 328. The molecule has 0 N–H and O–H groups in total. The zero-order chi connectivity index (χ0) is 11.1. The van der Waals surface area contributed by atoms with Gasteiger partial charge in [-0.2, -0.15) is 0 Å². The Hall–Kier alpha value is -1.57. The first-order valence-electron chi connectivity index (χ1n) is 5.08. The normalized spacial score (nSPS) is 12.7. The maximum Gasteiger partial charge on any atom is 0.330 e. The van der Waals surface area contributed by atoms with Gasteiger partial charge in [-0.25, -0.2) is 4.79 Å². The van der Waals surface area contributed by atoms with Gasteiger partial charge < -0.3 is 4.74 Å². The summed E-state index contributed by atoms with van der Waals surface area (Å²) in [5.74, 6) is -0.0410. The Morgan fingerprint density at radius 3 is 2.67 bits per heavy atom. The van der Waals surface area contributed by atoms with Crippen molar-refractivity contribution in [3.63, 3.8) is 0 Å². The summed E-state index contributed by atoms with van der Waals surface area (Å²) in [6, 6.07) is 10.0. The minimum Gasteiger partial charge on any atom is -0.462 e. The van der Waals surface area contributed by atoms with Gasteiger partial charge in [0.05, 0.1) is 6.61 Å². The zero-order valence-corrected chi connectivity index (χ0v) is 9.14. The molecule has 0 aromatic heterocycles. The molecule has 0 radical (unpaired) electrons. The van der Waals surface area contributed by atoms with E-state index in [-0.39, 0.29) is 11.9 Å². The second-order valence-electron chi connectivity index (χ2n) is 3.44. The van der Waals surface area contributed by atoms with Crippen molar-refractivity contribution >= 4 is 5.97 Å².